The van der Waals surface area contributed by atoms with Crippen LogP contribution in [-0.2, 0) is 0 Å². The Morgan fingerprint density at radius 3 is 3.00 bits per heavy atom. The van der Waals surface area contributed by atoms with Gasteiger partial charge in [-0.1, -0.05) is 12.1 Å². The van der Waals surface area contributed by atoms with Gasteiger partial charge in [0.05, 0.1) is 11.7 Å². The van der Waals surface area contributed by atoms with E-state index in [-0.39, 0.29) is 6.04 Å². The Morgan fingerprint density at radius 1 is 1.57 bits per heavy atom. The molecule has 0 fully saturated rings. The Kier molecular flexibility index (Phi) is 4.89. The number of hydrogen-bond acceptors (Lipinski definition) is 3. The van der Waals surface area contributed by atoms with Gasteiger partial charge in [-0.25, -0.2) is 0 Å². The van der Waals surface area contributed by atoms with Crippen LogP contribution in [-0.4, -0.2) is 4.98 Å². The highest BCUT2D eigenvalue weighted by Crippen LogP contribution is 2.15. The van der Waals surface area contributed by atoms with Crippen molar-refractivity contribution in [3.63, 3.8) is 0 Å². The molecule has 0 bridgehead atoms. The van der Waals surface area contributed by atoms with Crippen molar-refractivity contribution in [2.24, 2.45) is 5.84 Å². The maximum atomic E-state index is 5.47. The topological polar surface area (TPSA) is 50.9 Å². The molecule has 1 rings (SSSR count). The first-order chi connectivity index (χ1) is 6.88. The highest BCUT2D eigenvalue weighted by atomic mass is 15.2. The molecule has 0 amide bonds. The highest BCUT2D eigenvalue weighted by molar-refractivity contribution is 5.08. The van der Waals surface area contributed by atoms with Crippen molar-refractivity contribution in [2.75, 3.05) is 0 Å². The molecule has 0 saturated carbocycles. The molecule has 0 saturated heterocycles. The smallest absolute Gasteiger partial charge is 0.0632 e. The minimum Gasteiger partial charge on any atom is -0.271 e. The van der Waals surface area contributed by atoms with E-state index in [1.807, 2.05) is 24.3 Å². The number of hydrogen-bond donors (Lipinski definition) is 2. The molecule has 3 heteroatoms. The molecule has 3 N–H and O–H groups in total. The molecule has 1 unspecified atom stereocenters. The highest BCUT2D eigenvalue weighted by Gasteiger charge is 2.08. The number of aromatic nitrogens is 1. The van der Waals surface area contributed by atoms with E-state index < -0.39 is 0 Å². The Labute approximate surface area is 85.0 Å². The maximum absolute atomic E-state index is 5.47. The average molecular weight is 191 g/mol. The Hall–Kier alpha value is -1.19. The van der Waals surface area contributed by atoms with E-state index in [9.17, 15) is 0 Å². The predicted molar refractivity (Wildman–Crippen MR) is 58.3 cm³/mol. The molecule has 1 aromatic rings. The van der Waals surface area contributed by atoms with Crippen molar-refractivity contribution < 1.29 is 0 Å². The van der Waals surface area contributed by atoms with Crippen LogP contribution in [0, 0.1) is 0 Å². The van der Waals surface area contributed by atoms with Crippen LogP contribution in [0.15, 0.2) is 37.1 Å². The first-order valence-electron chi connectivity index (χ1n) is 4.86. The molecule has 1 aromatic heterocycles. The SMILES string of the molecule is C=CCCCC(NN)c1ccccn1. The fourth-order valence-electron chi connectivity index (χ4n) is 1.37. The van der Waals surface area contributed by atoms with Crippen molar-refractivity contribution in [3.05, 3.63) is 42.7 Å². The van der Waals surface area contributed by atoms with Crippen LogP contribution in [0.3, 0.4) is 0 Å². The van der Waals surface area contributed by atoms with Crippen LogP contribution in [0.4, 0.5) is 0 Å². The Morgan fingerprint density at radius 2 is 2.43 bits per heavy atom. The molecule has 0 radical (unpaired) electrons. The largest absolute Gasteiger partial charge is 0.271 e. The van der Waals surface area contributed by atoms with Crippen LogP contribution in [0.5, 0.6) is 0 Å². The van der Waals surface area contributed by atoms with Gasteiger partial charge in [0.15, 0.2) is 0 Å². The Balaban J connectivity index is 2.50. The van der Waals surface area contributed by atoms with Crippen LogP contribution in [0.1, 0.15) is 31.0 Å². The number of unbranched alkanes of at least 4 members (excludes halogenated alkanes) is 1. The van der Waals surface area contributed by atoms with E-state index in [0.29, 0.717) is 0 Å². The number of rotatable bonds is 6. The fraction of sp³-hybridized carbons (Fsp3) is 0.364. The molecular weight excluding hydrogens is 174 g/mol. The minimum atomic E-state index is 0.149. The third-order valence-electron chi connectivity index (χ3n) is 2.15. The third-order valence-corrected chi connectivity index (χ3v) is 2.15. The fourth-order valence-corrected chi connectivity index (χ4v) is 1.37. The minimum absolute atomic E-state index is 0.149. The second-order valence-electron chi connectivity index (χ2n) is 3.19. The van der Waals surface area contributed by atoms with Gasteiger partial charge in [0.2, 0.25) is 0 Å². The van der Waals surface area contributed by atoms with Gasteiger partial charge < -0.3 is 0 Å². The van der Waals surface area contributed by atoms with Crippen LogP contribution >= 0.6 is 0 Å². The molecule has 1 atom stereocenters. The quantitative estimate of drug-likeness (QED) is 0.313. The second kappa shape index (κ2) is 6.29. The summed E-state index contributed by atoms with van der Waals surface area (Å²) in [7, 11) is 0. The number of hydrazine groups is 1. The van der Waals surface area contributed by atoms with Crippen LogP contribution in [0.2, 0.25) is 0 Å². The van der Waals surface area contributed by atoms with Gasteiger partial charge in [0.1, 0.15) is 0 Å². The summed E-state index contributed by atoms with van der Waals surface area (Å²) < 4.78 is 0. The monoisotopic (exact) mass is 191 g/mol. The third kappa shape index (κ3) is 3.28. The molecule has 0 aromatic carbocycles. The Bertz CT molecular complexity index is 258. The van der Waals surface area contributed by atoms with Gasteiger partial charge in [-0.05, 0) is 31.4 Å². The number of nitrogens with two attached hydrogens (primary N) is 1. The summed E-state index contributed by atoms with van der Waals surface area (Å²) in [5.41, 5.74) is 3.78. The average Bonchev–Trinajstić information content (AvgIpc) is 2.26. The summed E-state index contributed by atoms with van der Waals surface area (Å²) in [6.07, 6.45) is 6.79. The van der Waals surface area contributed by atoms with Crippen molar-refractivity contribution >= 4 is 0 Å². The molecule has 0 aliphatic carbocycles. The molecule has 1 heterocycles. The predicted octanol–water partition coefficient (Wildman–Crippen LogP) is 1.94. The van der Waals surface area contributed by atoms with Gasteiger partial charge in [-0.3, -0.25) is 16.3 Å². The molecule has 3 nitrogen and oxygen atoms in total. The van der Waals surface area contributed by atoms with Gasteiger partial charge >= 0.3 is 0 Å². The van der Waals surface area contributed by atoms with Crippen LogP contribution < -0.4 is 11.3 Å². The summed E-state index contributed by atoms with van der Waals surface area (Å²) in [5, 5.41) is 0. The normalized spacial score (nSPS) is 12.4. The van der Waals surface area contributed by atoms with E-state index in [4.69, 9.17) is 5.84 Å². The number of nitrogens with zero attached hydrogens (tertiary/aromatic N) is 1. The van der Waals surface area contributed by atoms with Gasteiger partial charge in [0.25, 0.3) is 0 Å². The summed E-state index contributed by atoms with van der Waals surface area (Å²) in [4.78, 5) is 4.26. The number of pyridine rings is 1. The van der Waals surface area contributed by atoms with Crippen molar-refractivity contribution in [2.45, 2.75) is 25.3 Å². The lowest BCUT2D eigenvalue weighted by Crippen LogP contribution is -2.28. The molecule has 0 spiro atoms. The van der Waals surface area contributed by atoms with Crippen LogP contribution in [0.25, 0.3) is 0 Å². The standard InChI is InChI=1S/C11H17N3/c1-2-3-4-8-11(14-12)10-7-5-6-9-13-10/h2,5-7,9,11,14H,1,3-4,8,12H2. The lowest BCUT2D eigenvalue weighted by Gasteiger charge is -2.14. The number of allylic oxidation sites excluding steroid dienone is 1. The zero-order valence-electron chi connectivity index (χ0n) is 8.32. The zero-order valence-corrected chi connectivity index (χ0v) is 8.32. The van der Waals surface area contributed by atoms with E-state index in [1.165, 1.54) is 0 Å². The zero-order chi connectivity index (χ0) is 10.2. The maximum Gasteiger partial charge on any atom is 0.0632 e. The molecule has 14 heavy (non-hydrogen) atoms. The summed E-state index contributed by atoms with van der Waals surface area (Å²) >= 11 is 0. The molecule has 76 valence electrons. The van der Waals surface area contributed by atoms with Gasteiger partial charge in [-0.15, -0.1) is 6.58 Å². The van der Waals surface area contributed by atoms with Gasteiger partial charge in [-0.2, -0.15) is 0 Å². The molecular formula is C11H17N3. The molecule has 0 aliphatic heterocycles. The summed E-state index contributed by atoms with van der Waals surface area (Å²) in [5.74, 6) is 5.47. The van der Waals surface area contributed by atoms with E-state index in [2.05, 4.69) is 17.0 Å². The lowest BCUT2D eigenvalue weighted by atomic mass is 10.1. The van der Waals surface area contributed by atoms with Gasteiger partial charge in [0, 0.05) is 6.20 Å². The summed E-state index contributed by atoms with van der Waals surface area (Å²) in [6, 6.07) is 6.01. The number of nitrogens with one attached hydrogen (secondary N) is 1. The molecule has 0 aliphatic rings. The lowest BCUT2D eigenvalue weighted by molar-refractivity contribution is 0.490. The van der Waals surface area contributed by atoms with E-state index in [0.717, 1.165) is 25.0 Å². The van der Waals surface area contributed by atoms with E-state index in [1.54, 1.807) is 6.20 Å². The van der Waals surface area contributed by atoms with Crippen molar-refractivity contribution in [1.29, 1.82) is 0 Å². The second-order valence-corrected chi connectivity index (χ2v) is 3.19. The van der Waals surface area contributed by atoms with E-state index >= 15 is 0 Å². The van der Waals surface area contributed by atoms with Crippen molar-refractivity contribution in [1.82, 2.24) is 10.4 Å². The van der Waals surface area contributed by atoms with Crippen molar-refractivity contribution in [3.8, 4) is 0 Å². The summed E-state index contributed by atoms with van der Waals surface area (Å²) in [6.45, 7) is 3.69. The first-order valence-corrected chi connectivity index (χ1v) is 4.86. The first kappa shape index (κ1) is 10.9.